The lowest BCUT2D eigenvalue weighted by atomic mass is 9.60. The molecule has 0 saturated carbocycles. The summed E-state index contributed by atoms with van der Waals surface area (Å²) in [6.45, 7) is 15.1. The van der Waals surface area contributed by atoms with Gasteiger partial charge < -0.3 is 14.7 Å². The zero-order valence-corrected chi connectivity index (χ0v) is 27.8. The van der Waals surface area contributed by atoms with E-state index < -0.39 is 36.0 Å². The number of halogens is 3. The van der Waals surface area contributed by atoms with E-state index >= 15 is 0 Å². The predicted molar refractivity (Wildman–Crippen MR) is 167 cm³/mol. The molecule has 1 aliphatic heterocycles. The number of phosphoric acid groups is 1. The van der Waals surface area contributed by atoms with Crippen LogP contribution >= 0.6 is 7.82 Å². The van der Waals surface area contributed by atoms with Crippen molar-refractivity contribution in [3.05, 3.63) is 70.7 Å². The van der Waals surface area contributed by atoms with Crippen LogP contribution < -0.4 is 4.90 Å². The molecule has 0 unspecified atom stereocenters. The van der Waals surface area contributed by atoms with Crippen molar-refractivity contribution in [1.29, 1.82) is 0 Å². The predicted octanol–water partition coefficient (Wildman–Crippen LogP) is 7.19. The van der Waals surface area contributed by atoms with Gasteiger partial charge in [0.2, 0.25) is 0 Å². The molecular weight excluding hydrogens is 622 g/mol. The molecule has 0 fully saturated rings. The minimum atomic E-state index is -5.01. The van der Waals surface area contributed by atoms with Crippen LogP contribution in [0.15, 0.2) is 42.6 Å². The summed E-state index contributed by atoms with van der Waals surface area (Å²) < 4.78 is 59.0. The number of alkyl halides is 3. The fraction of sp³-hybridized carbons (Fsp3) is 0.438. The topological polar surface area (TPSA) is 131 Å². The van der Waals surface area contributed by atoms with E-state index in [0.717, 1.165) is 17.7 Å². The maximum absolute atomic E-state index is 14.1. The van der Waals surface area contributed by atoms with Crippen molar-refractivity contribution >= 4 is 30.3 Å². The minimum Gasteiger partial charge on any atom is -0.305 e. The zero-order valence-electron chi connectivity index (χ0n) is 26.9. The summed E-state index contributed by atoms with van der Waals surface area (Å²) in [4.78, 5) is 44.5. The molecular formula is C32H37F3N5O5P. The number of carbonyl (C=O) groups is 1. The molecule has 1 amide bonds. The fourth-order valence-electron chi connectivity index (χ4n) is 6.75. The number of benzene rings is 2. The Balaban J connectivity index is 1.52. The second kappa shape index (κ2) is 11.0. The molecule has 246 valence electrons. The first-order valence-corrected chi connectivity index (χ1v) is 16.2. The number of hydrogen-bond acceptors (Lipinski definition) is 6. The quantitative estimate of drug-likeness (QED) is 0.216. The average Bonchev–Trinajstić information content (AvgIpc) is 3.26. The van der Waals surface area contributed by atoms with E-state index in [1.165, 1.54) is 12.3 Å². The molecule has 0 saturated heterocycles. The number of fused-ring (bicyclic) bond motifs is 2. The molecule has 3 heterocycles. The van der Waals surface area contributed by atoms with Crippen LogP contribution in [0.25, 0.3) is 22.3 Å². The van der Waals surface area contributed by atoms with Gasteiger partial charge in [-0.05, 0) is 66.6 Å². The van der Waals surface area contributed by atoms with Gasteiger partial charge in [-0.1, -0.05) is 41.5 Å². The lowest BCUT2D eigenvalue weighted by Crippen LogP contribution is -2.52. The average molecular weight is 660 g/mol. The van der Waals surface area contributed by atoms with E-state index in [0.29, 0.717) is 46.1 Å². The Hall–Kier alpha value is -3.64. The summed E-state index contributed by atoms with van der Waals surface area (Å²) in [5, 5.41) is 5.03. The van der Waals surface area contributed by atoms with Crippen LogP contribution in [0.5, 0.6) is 0 Å². The van der Waals surface area contributed by atoms with E-state index in [2.05, 4.69) is 9.97 Å². The highest BCUT2D eigenvalue weighted by Gasteiger charge is 2.59. The third kappa shape index (κ3) is 5.74. The molecule has 2 aromatic carbocycles. The smallest absolute Gasteiger partial charge is 0.305 e. The largest absolute Gasteiger partial charge is 0.470 e. The first-order chi connectivity index (χ1) is 21.0. The summed E-state index contributed by atoms with van der Waals surface area (Å²) >= 11 is 0. The highest BCUT2D eigenvalue weighted by Crippen LogP contribution is 2.61. The minimum absolute atomic E-state index is 0.269. The second-order valence-corrected chi connectivity index (χ2v) is 14.9. The maximum Gasteiger partial charge on any atom is 0.470 e. The van der Waals surface area contributed by atoms with E-state index in [9.17, 15) is 32.3 Å². The number of phosphoric ester groups is 1. The molecule has 0 radical (unpaired) electrons. The van der Waals surface area contributed by atoms with Gasteiger partial charge in [-0.15, -0.1) is 0 Å². The van der Waals surface area contributed by atoms with Gasteiger partial charge in [-0.3, -0.25) is 14.0 Å². The summed E-state index contributed by atoms with van der Waals surface area (Å²) in [5.74, 6) is 0.00451. The standard InChI is InChI=1S/C32H37F3N5O5P/c1-18-15-20(27-36-17-21-16-22(32(33,34)35)10-11-23(21)37-27)9-12-24(18)39-13-14-40-25(28(39)41)19(2)26(38-40)31(29(3,4)5,30(6,7)8)45-46(42,43)44/h9-12,15-17H,13-14H2,1-8H3,(H2,42,43,44). The molecule has 2 N–H and O–H groups in total. The van der Waals surface area contributed by atoms with Gasteiger partial charge in [0.15, 0.2) is 5.82 Å². The van der Waals surface area contributed by atoms with Gasteiger partial charge in [-0.2, -0.15) is 18.3 Å². The maximum atomic E-state index is 14.1. The van der Waals surface area contributed by atoms with Crippen LogP contribution in [0.2, 0.25) is 0 Å². The summed E-state index contributed by atoms with van der Waals surface area (Å²) in [6, 6.07) is 8.66. The number of carbonyl (C=O) groups excluding carboxylic acids is 1. The molecule has 14 heteroatoms. The van der Waals surface area contributed by atoms with Gasteiger partial charge in [-0.25, -0.2) is 14.5 Å². The molecule has 4 aromatic rings. The molecule has 46 heavy (non-hydrogen) atoms. The Morgan fingerprint density at radius 2 is 1.59 bits per heavy atom. The van der Waals surface area contributed by atoms with E-state index in [1.807, 2.05) is 54.5 Å². The molecule has 0 spiro atoms. The number of anilines is 1. The lowest BCUT2D eigenvalue weighted by molar-refractivity contribution is -0.139. The third-order valence-electron chi connectivity index (χ3n) is 8.53. The molecule has 0 bridgehead atoms. The Bertz CT molecular complexity index is 1890. The second-order valence-electron chi connectivity index (χ2n) is 13.7. The van der Waals surface area contributed by atoms with Gasteiger partial charge in [0.1, 0.15) is 11.3 Å². The SMILES string of the molecule is Cc1cc(-c2ncc3cc(C(F)(F)F)ccc3n2)ccc1N1CCn2nc(C(OP(=O)(O)O)(C(C)(C)C)C(C)(C)C)c(C)c2C1=O. The first kappa shape index (κ1) is 33.7. The monoisotopic (exact) mass is 659 g/mol. The normalized spacial score (nSPS) is 15.1. The Morgan fingerprint density at radius 3 is 2.15 bits per heavy atom. The highest BCUT2D eigenvalue weighted by atomic mass is 31.2. The third-order valence-corrected chi connectivity index (χ3v) is 9.04. The number of aromatic nitrogens is 4. The van der Waals surface area contributed by atoms with Crippen LogP contribution in [0.3, 0.4) is 0 Å². The number of rotatable bonds is 5. The number of aryl methyl sites for hydroxylation is 1. The van der Waals surface area contributed by atoms with Gasteiger partial charge in [0.05, 0.1) is 23.3 Å². The van der Waals surface area contributed by atoms with E-state index in [1.54, 1.807) is 28.6 Å². The van der Waals surface area contributed by atoms with Crippen molar-refractivity contribution in [3.8, 4) is 11.4 Å². The van der Waals surface area contributed by atoms with E-state index in [4.69, 9.17) is 9.62 Å². The van der Waals surface area contributed by atoms with Crippen molar-refractivity contribution in [2.45, 2.75) is 73.7 Å². The van der Waals surface area contributed by atoms with Crippen LogP contribution in [-0.2, 0) is 27.4 Å². The fourth-order valence-corrected chi connectivity index (χ4v) is 7.74. The van der Waals surface area contributed by atoms with Gasteiger partial charge >= 0.3 is 14.0 Å². The van der Waals surface area contributed by atoms with Crippen molar-refractivity contribution < 1.29 is 36.8 Å². The van der Waals surface area contributed by atoms with Crippen molar-refractivity contribution in [2.75, 3.05) is 11.4 Å². The highest BCUT2D eigenvalue weighted by molar-refractivity contribution is 7.46. The lowest BCUT2D eigenvalue weighted by Gasteiger charge is -2.51. The number of amides is 1. The molecule has 5 rings (SSSR count). The molecule has 1 aliphatic rings. The van der Waals surface area contributed by atoms with Crippen molar-refractivity contribution in [3.63, 3.8) is 0 Å². The van der Waals surface area contributed by atoms with Crippen LogP contribution in [0.4, 0.5) is 18.9 Å². The molecule has 10 nitrogen and oxygen atoms in total. The molecule has 0 aliphatic carbocycles. The first-order valence-electron chi connectivity index (χ1n) is 14.7. The van der Waals surface area contributed by atoms with Crippen LogP contribution in [0, 0.1) is 24.7 Å². The van der Waals surface area contributed by atoms with Crippen molar-refractivity contribution in [2.24, 2.45) is 10.8 Å². The Kier molecular flexibility index (Phi) is 8.04. The van der Waals surface area contributed by atoms with Gasteiger partial charge in [0, 0.05) is 34.9 Å². The summed E-state index contributed by atoms with van der Waals surface area (Å²) in [6.07, 6.45) is -3.11. The van der Waals surface area contributed by atoms with Crippen molar-refractivity contribution in [1.82, 2.24) is 19.7 Å². The summed E-state index contributed by atoms with van der Waals surface area (Å²) in [5.41, 5.74) is -0.575. The Morgan fingerprint density at radius 1 is 0.935 bits per heavy atom. The molecule has 0 atom stereocenters. The van der Waals surface area contributed by atoms with Crippen LogP contribution in [-0.4, -0.2) is 42.0 Å². The van der Waals surface area contributed by atoms with Gasteiger partial charge in [0.25, 0.3) is 5.91 Å². The zero-order chi connectivity index (χ0) is 34.2. The Labute approximate surface area is 264 Å². The molecule has 2 aromatic heterocycles. The van der Waals surface area contributed by atoms with Crippen LogP contribution in [0.1, 0.15) is 74.4 Å². The summed E-state index contributed by atoms with van der Waals surface area (Å²) in [7, 11) is -5.01. The number of hydrogen-bond donors (Lipinski definition) is 2. The van der Waals surface area contributed by atoms with E-state index in [-0.39, 0.29) is 17.8 Å². The number of nitrogens with zero attached hydrogens (tertiary/aromatic N) is 5.